The zero-order valence-corrected chi connectivity index (χ0v) is 10.2. The number of carbonyl (C=O) groups excluding carboxylic acids is 1. The molecule has 0 aromatic heterocycles. The SMILES string of the molecule is O=C(c1ccc2c(c1)OCCO2)C1CC2CC2C1. The van der Waals surface area contributed by atoms with Gasteiger partial charge in [0.2, 0.25) is 0 Å². The van der Waals surface area contributed by atoms with Gasteiger partial charge in [-0.05, 0) is 49.3 Å². The zero-order valence-electron chi connectivity index (χ0n) is 10.2. The zero-order chi connectivity index (χ0) is 12.1. The van der Waals surface area contributed by atoms with Gasteiger partial charge in [0.15, 0.2) is 17.3 Å². The summed E-state index contributed by atoms with van der Waals surface area (Å²) in [5.41, 5.74) is 0.783. The quantitative estimate of drug-likeness (QED) is 0.750. The molecule has 1 aromatic rings. The second kappa shape index (κ2) is 3.74. The molecule has 2 aliphatic carbocycles. The summed E-state index contributed by atoms with van der Waals surface area (Å²) in [5.74, 6) is 3.70. The maximum absolute atomic E-state index is 12.4. The van der Waals surface area contributed by atoms with Gasteiger partial charge in [-0.1, -0.05) is 0 Å². The van der Waals surface area contributed by atoms with Gasteiger partial charge in [-0.3, -0.25) is 4.79 Å². The summed E-state index contributed by atoms with van der Waals surface area (Å²) in [7, 11) is 0. The predicted octanol–water partition coefficient (Wildman–Crippen LogP) is 2.69. The summed E-state index contributed by atoms with van der Waals surface area (Å²) in [4.78, 5) is 12.4. The number of benzene rings is 1. The molecule has 94 valence electrons. The van der Waals surface area contributed by atoms with Crippen LogP contribution in [0, 0.1) is 17.8 Å². The first-order valence-electron chi connectivity index (χ1n) is 6.75. The third kappa shape index (κ3) is 1.61. The van der Waals surface area contributed by atoms with Gasteiger partial charge in [-0.25, -0.2) is 0 Å². The summed E-state index contributed by atoms with van der Waals surface area (Å²) in [6, 6.07) is 5.58. The van der Waals surface area contributed by atoms with Crippen LogP contribution in [0.15, 0.2) is 18.2 Å². The van der Waals surface area contributed by atoms with Crippen molar-refractivity contribution in [2.45, 2.75) is 19.3 Å². The summed E-state index contributed by atoms with van der Waals surface area (Å²) >= 11 is 0. The van der Waals surface area contributed by atoms with E-state index in [1.807, 2.05) is 18.2 Å². The molecule has 0 N–H and O–H groups in total. The number of ether oxygens (including phenoxy) is 2. The number of Topliss-reactive ketones (excluding diaryl/α,β-unsaturated/α-hetero) is 1. The number of fused-ring (bicyclic) bond motifs is 2. The van der Waals surface area contributed by atoms with Crippen LogP contribution in [-0.2, 0) is 0 Å². The van der Waals surface area contributed by atoms with Crippen LogP contribution >= 0.6 is 0 Å². The Labute approximate surface area is 106 Å². The Bertz CT molecular complexity index is 498. The summed E-state index contributed by atoms with van der Waals surface area (Å²) in [6.07, 6.45) is 3.54. The molecule has 0 spiro atoms. The molecule has 3 nitrogen and oxygen atoms in total. The second-order valence-electron chi connectivity index (χ2n) is 5.65. The maximum Gasteiger partial charge on any atom is 0.166 e. The fourth-order valence-electron chi connectivity index (χ4n) is 3.36. The molecule has 1 aliphatic heterocycles. The molecule has 0 saturated heterocycles. The van der Waals surface area contributed by atoms with Crippen molar-refractivity contribution in [2.75, 3.05) is 13.2 Å². The lowest BCUT2D eigenvalue weighted by atomic mass is 9.93. The topological polar surface area (TPSA) is 35.5 Å². The minimum atomic E-state index is 0.247. The second-order valence-corrected chi connectivity index (χ2v) is 5.65. The number of rotatable bonds is 2. The van der Waals surface area contributed by atoms with Crippen LogP contribution in [0.25, 0.3) is 0 Å². The van der Waals surface area contributed by atoms with Crippen LogP contribution in [-0.4, -0.2) is 19.0 Å². The van der Waals surface area contributed by atoms with Crippen molar-refractivity contribution in [1.82, 2.24) is 0 Å². The average Bonchev–Trinajstić information content (AvgIpc) is 3.04. The Kier molecular flexibility index (Phi) is 2.16. The highest BCUT2D eigenvalue weighted by molar-refractivity contribution is 5.98. The van der Waals surface area contributed by atoms with Crippen molar-refractivity contribution in [2.24, 2.45) is 17.8 Å². The van der Waals surface area contributed by atoms with Gasteiger partial charge in [-0.15, -0.1) is 0 Å². The highest BCUT2D eigenvalue weighted by Gasteiger charge is 2.48. The van der Waals surface area contributed by atoms with Gasteiger partial charge in [-0.2, -0.15) is 0 Å². The molecule has 2 unspecified atom stereocenters. The van der Waals surface area contributed by atoms with Gasteiger partial charge in [0, 0.05) is 11.5 Å². The number of ketones is 1. The van der Waals surface area contributed by atoms with E-state index in [1.165, 1.54) is 6.42 Å². The van der Waals surface area contributed by atoms with Crippen LogP contribution in [0.3, 0.4) is 0 Å². The normalized spacial score (nSPS) is 31.9. The maximum atomic E-state index is 12.4. The molecular weight excluding hydrogens is 228 g/mol. The minimum absolute atomic E-state index is 0.247. The summed E-state index contributed by atoms with van der Waals surface area (Å²) in [6.45, 7) is 1.16. The molecule has 3 heteroatoms. The van der Waals surface area contributed by atoms with Gasteiger partial charge in [0.05, 0.1) is 0 Å². The fraction of sp³-hybridized carbons (Fsp3) is 0.533. The van der Waals surface area contributed by atoms with E-state index in [1.54, 1.807) is 0 Å². The smallest absolute Gasteiger partial charge is 0.166 e. The third-order valence-electron chi connectivity index (χ3n) is 4.44. The molecule has 0 amide bonds. The van der Waals surface area contributed by atoms with Crippen LogP contribution in [0.2, 0.25) is 0 Å². The van der Waals surface area contributed by atoms with Crippen molar-refractivity contribution in [3.8, 4) is 11.5 Å². The summed E-state index contributed by atoms with van der Waals surface area (Å²) in [5, 5.41) is 0. The third-order valence-corrected chi connectivity index (χ3v) is 4.44. The van der Waals surface area contributed by atoms with E-state index in [2.05, 4.69) is 0 Å². The lowest BCUT2D eigenvalue weighted by Crippen LogP contribution is -2.17. The number of hydrogen-bond donors (Lipinski definition) is 0. The van der Waals surface area contributed by atoms with Crippen LogP contribution in [0.5, 0.6) is 11.5 Å². The van der Waals surface area contributed by atoms with Gasteiger partial charge in [0.1, 0.15) is 13.2 Å². The fourth-order valence-corrected chi connectivity index (χ4v) is 3.36. The molecule has 0 bridgehead atoms. The van der Waals surface area contributed by atoms with Crippen molar-refractivity contribution in [3.63, 3.8) is 0 Å². The Morgan fingerprint density at radius 1 is 1.00 bits per heavy atom. The lowest BCUT2D eigenvalue weighted by molar-refractivity contribution is 0.0913. The standard InChI is InChI=1S/C15H16O3/c16-15(12-6-10-5-11(10)7-12)9-1-2-13-14(8-9)18-4-3-17-13/h1-2,8,10-12H,3-7H2. The molecule has 2 atom stereocenters. The van der Waals surface area contributed by atoms with Gasteiger partial charge < -0.3 is 9.47 Å². The van der Waals surface area contributed by atoms with Crippen LogP contribution in [0.1, 0.15) is 29.6 Å². The summed E-state index contributed by atoms with van der Waals surface area (Å²) < 4.78 is 11.0. The van der Waals surface area contributed by atoms with E-state index in [4.69, 9.17) is 9.47 Å². The lowest BCUT2D eigenvalue weighted by Gasteiger charge is -2.19. The van der Waals surface area contributed by atoms with E-state index in [9.17, 15) is 4.79 Å². The largest absolute Gasteiger partial charge is 0.486 e. The van der Waals surface area contributed by atoms with Crippen molar-refractivity contribution < 1.29 is 14.3 Å². The first-order chi connectivity index (χ1) is 8.81. The molecule has 2 fully saturated rings. The van der Waals surface area contributed by atoms with Crippen molar-refractivity contribution in [1.29, 1.82) is 0 Å². The van der Waals surface area contributed by atoms with E-state index < -0.39 is 0 Å². The Hall–Kier alpha value is -1.51. The number of hydrogen-bond acceptors (Lipinski definition) is 3. The van der Waals surface area contributed by atoms with E-state index in [-0.39, 0.29) is 5.92 Å². The van der Waals surface area contributed by atoms with Gasteiger partial charge >= 0.3 is 0 Å². The molecule has 1 heterocycles. The molecule has 18 heavy (non-hydrogen) atoms. The van der Waals surface area contributed by atoms with Crippen LogP contribution in [0.4, 0.5) is 0 Å². The average molecular weight is 244 g/mol. The van der Waals surface area contributed by atoms with E-state index >= 15 is 0 Å². The van der Waals surface area contributed by atoms with E-state index in [0.29, 0.717) is 19.0 Å². The molecule has 0 radical (unpaired) electrons. The van der Waals surface area contributed by atoms with E-state index in [0.717, 1.165) is 41.7 Å². The highest BCUT2D eigenvalue weighted by atomic mass is 16.6. The van der Waals surface area contributed by atoms with Crippen molar-refractivity contribution >= 4 is 5.78 Å². The molecule has 4 rings (SSSR count). The predicted molar refractivity (Wildman–Crippen MR) is 66.1 cm³/mol. The van der Waals surface area contributed by atoms with Crippen molar-refractivity contribution in [3.05, 3.63) is 23.8 Å². The Morgan fingerprint density at radius 3 is 2.50 bits per heavy atom. The number of carbonyl (C=O) groups is 1. The molecular formula is C15H16O3. The first-order valence-corrected chi connectivity index (χ1v) is 6.75. The monoisotopic (exact) mass is 244 g/mol. The Morgan fingerprint density at radius 2 is 1.72 bits per heavy atom. The van der Waals surface area contributed by atoms with Crippen LogP contribution < -0.4 is 9.47 Å². The highest BCUT2D eigenvalue weighted by Crippen LogP contribution is 2.55. The van der Waals surface area contributed by atoms with Gasteiger partial charge in [0.25, 0.3) is 0 Å². The molecule has 1 aromatic carbocycles. The Balaban J connectivity index is 1.58. The molecule has 3 aliphatic rings. The minimum Gasteiger partial charge on any atom is -0.486 e. The first kappa shape index (κ1) is 10.4. The molecule has 2 saturated carbocycles.